The van der Waals surface area contributed by atoms with Crippen molar-refractivity contribution < 1.29 is 9.47 Å². The number of benzene rings is 2. The molecule has 1 heterocycles. The fraction of sp³-hybridized carbons (Fsp3) is 0.294. The van der Waals surface area contributed by atoms with Crippen LogP contribution in [0.25, 0.3) is 0 Å². The molecule has 3 heteroatoms. The summed E-state index contributed by atoms with van der Waals surface area (Å²) < 4.78 is 10.7. The second-order valence-electron chi connectivity index (χ2n) is 5.08. The lowest BCUT2D eigenvalue weighted by Gasteiger charge is -2.19. The van der Waals surface area contributed by atoms with Gasteiger partial charge in [0.2, 0.25) is 6.79 Å². The zero-order chi connectivity index (χ0) is 13.9. The van der Waals surface area contributed by atoms with Gasteiger partial charge < -0.3 is 14.8 Å². The molecule has 0 saturated carbocycles. The van der Waals surface area contributed by atoms with Gasteiger partial charge in [-0.1, -0.05) is 36.8 Å². The Bertz CT molecular complexity index is 592. The second kappa shape index (κ2) is 5.45. The zero-order valence-electron chi connectivity index (χ0n) is 11.8. The van der Waals surface area contributed by atoms with Crippen LogP contribution in [0.1, 0.15) is 30.5 Å². The van der Waals surface area contributed by atoms with Gasteiger partial charge in [0.15, 0.2) is 11.5 Å². The van der Waals surface area contributed by atoms with Crippen LogP contribution in [0.4, 0.5) is 5.69 Å². The van der Waals surface area contributed by atoms with Gasteiger partial charge in [-0.05, 0) is 31.0 Å². The molecule has 3 nitrogen and oxygen atoms in total. The molecule has 3 rings (SSSR count). The van der Waals surface area contributed by atoms with Gasteiger partial charge in [0.25, 0.3) is 0 Å². The number of hydrogen-bond donors (Lipinski definition) is 1. The molecule has 0 amide bonds. The van der Waals surface area contributed by atoms with Gasteiger partial charge in [-0.15, -0.1) is 0 Å². The Hall–Kier alpha value is -2.16. The van der Waals surface area contributed by atoms with Crippen LogP contribution in [0.3, 0.4) is 0 Å². The Kier molecular flexibility index (Phi) is 3.50. The Morgan fingerprint density at radius 2 is 1.80 bits per heavy atom. The van der Waals surface area contributed by atoms with Crippen molar-refractivity contribution >= 4 is 5.69 Å². The van der Waals surface area contributed by atoms with Crippen molar-refractivity contribution in [2.75, 3.05) is 12.1 Å². The van der Waals surface area contributed by atoms with E-state index in [-0.39, 0.29) is 0 Å². The highest BCUT2D eigenvalue weighted by molar-refractivity contribution is 5.56. The highest BCUT2D eigenvalue weighted by Gasteiger charge is 2.15. The fourth-order valence-electron chi connectivity index (χ4n) is 2.41. The SMILES string of the molecule is CCC(Nc1ccc2c(c1)OCO2)c1ccc(C)cc1. The third kappa shape index (κ3) is 2.57. The maximum absolute atomic E-state index is 5.41. The highest BCUT2D eigenvalue weighted by Crippen LogP contribution is 2.35. The van der Waals surface area contributed by atoms with E-state index in [2.05, 4.69) is 43.4 Å². The topological polar surface area (TPSA) is 30.5 Å². The molecule has 0 bridgehead atoms. The molecule has 1 N–H and O–H groups in total. The smallest absolute Gasteiger partial charge is 0.231 e. The van der Waals surface area contributed by atoms with Crippen molar-refractivity contribution in [2.45, 2.75) is 26.3 Å². The third-order valence-electron chi connectivity index (χ3n) is 3.60. The quantitative estimate of drug-likeness (QED) is 0.898. The van der Waals surface area contributed by atoms with E-state index in [9.17, 15) is 0 Å². The maximum atomic E-state index is 5.41. The van der Waals surface area contributed by atoms with Crippen LogP contribution in [0.15, 0.2) is 42.5 Å². The molecule has 1 unspecified atom stereocenters. The lowest BCUT2D eigenvalue weighted by molar-refractivity contribution is 0.174. The van der Waals surface area contributed by atoms with Crippen LogP contribution in [-0.2, 0) is 0 Å². The second-order valence-corrected chi connectivity index (χ2v) is 5.08. The van der Waals surface area contributed by atoms with E-state index in [1.165, 1.54) is 11.1 Å². The van der Waals surface area contributed by atoms with E-state index < -0.39 is 0 Å². The van der Waals surface area contributed by atoms with Gasteiger partial charge in [-0.2, -0.15) is 0 Å². The van der Waals surface area contributed by atoms with Crippen molar-refractivity contribution in [1.29, 1.82) is 0 Å². The molecule has 1 atom stereocenters. The van der Waals surface area contributed by atoms with Crippen LogP contribution in [0.5, 0.6) is 11.5 Å². The molecule has 0 aromatic heterocycles. The lowest BCUT2D eigenvalue weighted by Crippen LogP contribution is -2.09. The Morgan fingerprint density at radius 3 is 2.55 bits per heavy atom. The summed E-state index contributed by atoms with van der Waals surface area (Å²) in [7, 11) is 0. The summed E-state index contributed by atoms with van der Waals surface area (Å²) in [5.41, 5.74) is 3.64. The molecule has 0 aliphatic carbocycles. The number of aryl methyl sites for hydroxylation is 1. The van der Waals surface area contributed by atoms with E-state index in [0.29, 0.717) is 12.8 Å². The zero-order valence-corrected chi connectivity index (χ0v) is 11.8. The Morgan fingerprint density at radius 1 is 1.05 bits per heavy atom. The number of rotatable bonds is 4. The van der Waals surface area contributed by atoms with Gasteiger partial charge in [-0.25, -0.2) is 0 Å². The van der Waals surface area contributed by atoms with Crippen molar-refractivity contribution in [1.82, 2.24) is 0 Å². The molecule has 2 aromatic carbocycles. The molecule has 0 fully saturated rings. The molecule has 20 heavy (non-hydrogen) atoms. The summed E-state index contributed by atoms with van der Waals surface area (Å²) in [5, 5.41) is 3.56. The minimum atomic E-state index is 0.302. The summed E-state index contributed by atoms with van der Waals surface area (Å²) in [6.45, 7) is 4.61. The summed E-state index contributed by atoms with van der Waals surface area (Å²) in [6, 6.07) is 15.0. The number of hydrogen-bond acceptors (Lipinski definition) is 3. The summed E-state index contributed by atoms with van der Waals surface area (Å²) in [6.07, 6.45) is 1.03. The van der Waals surface area contributed by atoms with Gasteiger partial charge >= 0.3 is 0 Å². The number of anilines is 1. The van der Waals surface area contributed by atoms with E-state index >= 15 is 0 Å². The van der Waals surface area contributed by atoms with E-state index in [1.54, 1.807) is 0 Å². The van der Waals surface area contributed by atoms with Crippen LogP contribution in [0, 0.1) is 6.92 Å². The first-order chi connectivity index (χ1) is 9.76. The van der Waals surface area contributed by atoms with Gasteiger partial charge in [-0.3, -0.25) is 0 Å². The lowest BCUT2D eigenvalue weighted by atomic mass is 10.0. The molecule has 104 valence electrons. The fourth-order valence-corrected chi connectivity index (χ4v) is 2.41. The van der Waals surface area contributed by atoms with Crippen molar-refractivity contribution in [2.24, 2.45) is 0 Å². The number of nitrogens with one attached hydrogen (secondary N) is 1. The molecule has 1 aliphatic rings. The van der Waals surface area contributed by atoms with Crippen molar-refractivity contribution in [3.05, 3.63) is 53.6 Å². The average molecular weight is 269 g/mol. The van der Waals surface area contributed by atoms with Gasteiger partial charge in [0.05, 0.1) is 6.04 Å². The predicted molar refractivity (Wildman–Crippen MR) is 80.4 cm³/mol. The summed E-state index contributed by atoms with van der Waals surface area (Å²) in [5.74, 6) is 1.63. The molecular formula is C17H19NO2. The van der Waals surface area contributed by atoms with Crippen molar-refractivity contribution in [3.8, 4) is 11.5 Å². The minimum absolute atomic E-state index is 0.302. The molecule has 2 aromatic rings. The minimum Gasteiger partial charge on any atom is -0.454 e. The normalized spacial score (nSPS) is 14.1. The highest BCUT2D eigenvalue weighted by atomic mass is 16.7. The first-order valence-electron chi connectivity index (χ1n) is 6.99. The molecule has 0 spiro atoms. The van der Waals surface area contributed by atoms with E-state index in [0.717, 1.165) is 23.6 Å². The van der Waals surface area contributed by atoms with Crippen molar-refractivity contribution in [3.63, 3.8) is 0 Å². The molecule has 0 radical (unpaired) electrons. The number of ether oxygens (including phenoxy) is 2. The monoisotopic (exact) mass is 269 g/mol. The predicted octanol–water partition coefficient (Wildman–Crippen LogP) is 4.29. The largest absolute Gasteiger partial charge is 0.454 e. The van der Waals surface area contributed by atoms with Crippen LogP contribution < -0.4 is 14.8 Å². The van der Waals surface area contributed by atoms with Crippen LogP contribution in [0.2, 0.25) is 0 Å². The first-order valence-corrected chi connectivity index (χ1v) is 6.99. The molecule has 1 aliphatic heterocycles. The average Bonchev–Trinajstić information content (AvgIpc) is 2.93. The molecule has 0 saturated heterocycles. The van der Waals surface area contributed by atoms with Crippen LogP contribution >= 0.6 is 0 Å². The van der Waals surface area contributed by atoms with Gasteiger partial charge in [0, 0.05) is 11.8 Å². The summed E-state index contributed by atoms with van der Waals surface area (Å²) in [4.78, 5) is 0. The Balaban J connectivity index is 1.79. The van der Waals surface area contributed by atoms with E-state index in [4.69, 9.17) is 9.47 Å². The number of fused-ring (bicyclic) bond motifs is 1. The molecular weight excluding hydrogens is 250 g/mol. The van der Waals surface area contributed by atoms with E-state index in [1.807, 2.05) is 18.2 Å². The maximum Gasteiger partial charge on any atom is 0.231 e. The first kappa shape index (κ1) is 12.9. The third-order valence-corrected chi connectivity index (χ3v) is 3.60. The van der Waals surface area contributed by atoms with Crippen LogP contribution in [-0.4, -0.2) is 6.79 Å². The summed E-state index contributed by atoms with van der Waals surface area (Å²) >= 11 is 0. The Labute approximate surface area is 119 Å². The standard InChI is InChI=1S/C17H19NO2/c1-3-15(13-6-4-12(2)5-7-13)18-14-8-9-16-17(10-14)20-11-19-16/h4-10,15,18H,3,11H2,1-2H3. The van der Waals surface area contributed by atoms with Gasteiger partial charge in [0.1, 0.15) is 0 Å².